The predicted octanol–water partition coefficient (Wildman–Crippen LogP) is 2.11. The van der Waals surface area contributed by atoms with Crippen LogP contribution in [0.5, 0.6) is 0 Å². The standard InChI is InChI=1S/C14H23ClN2O3/c1-3-19-9-7-17(8-10-20-4-2)14-6-5-12(15)13(11-18)16-14/h5-6,18H,3-4,7-11H2,1-2H3. The van der Waals surface area contributed by atoms with E-state index in [9.17, 15) is 5.11 Å². The maximum Gasteiger partial charge on any atom is 0.129 e. The molecule has 20 heavy (non-hydrogen) atoms. The van der Waals surface area contributed by atoms with Crippen molar-refractivity contribution in [2.75, 3.05) is 44.4 Å². The van der Waals surface area contributed by atoms with Crippen molar-refractivity contribution in [3.05, 3.63) is 22.8 Å². The summed E-state index contributed by atoms with van der Waals surface area (Å²) in [5.41, 5.74) is 0.488. The fourth-order valence-electron chi connectivity index (χ4n) is 1.74. The summed E-state index contributed by atoms with van der Waals surface area (Å²) >= 11 is 5.96. The zero-order valence-corrected chi connectivity index (χ0v) is 12.9. The Morgan fingerprint density at radius 3 is 2.25 bits per heavy atom. The largest absolute Gasteiger partial charge is 0.390 e. The van der Waals surface area contributed by atoms with Crippen LogP contribution in [0, 0.1) is 0 Å². The first kappa shape index (κ1) is 17.2. The van der Waals surface area contributed by atoms with Crippen molar-refractivity contribution in [2.24, 2.45) is 0 Å². The van der Waals surface area contributed by atoms with Crippen LogP contribution in [-0.4, -0.2) is 49.6 Å². The van der Waals surface area contributed by atoms with Gasteiger partial charge in [-0.2, -0.15) is 0 Å². The average molecular weight is 303 g/mol. The number of hydrogen-bond donors (Lipinski definition) is 1. The van der Waals surface area contributed by atoms with E-state index in [1.165, 1.54) is 0 Å². The molecule has 0 atom stereocenters. The van der Waals surface area contributed by atoms with E-state index in [-0.39, 0.29) is 6.61 Å². The highest BCUT2D eigenvalue weighted by Crippen LogP contribution is 2.19. The number of hydrogen-bond acceptors (Lipinski definition) is 5. The molecule has 1 aromatic rings. The van der Waals surface area contributed by atoms with Crippen molar-refractivity contribution in [2.45, 2.75) is 20.5 Å². The van der Waals surface area contributed by atoms with Gasteiger partial charge in [0.15, 0.2) is 0 Å². The summed E-state index contributed by atoms with van der Waals surface area (Å²) in [5.74, 6) is 0.776. The number of pyridine rings is 1. The minimum absolute atomic E-state index is 0.169. The Hall–Kier alpha value is -0.880. The van der Waals surface area contributed by atoms with Crippen molar-refractivity contribution < 1.29 is 14.6 Å². The van der Waals surface area contributed by atoms with Gasteiger partial charge < -0.3 is 19.5 Å². The second-order valence-electron chi connectivity index (χ2n) is 4.14. The Labute approximate surface area is 125 Å². The smallest absolute Gasteiger partial charge is 0.129 e. The summed E-state index contributed by atoms with van der Waals surface area (Å²) in [5, 5.41) is 9.72. The molecule has 0 radical (unpaired) electrons. The Kier molecular flexibility index (Phi) is 8.53. The van der Waals surface area contributed by atoms with Crippen LogP contribution in [-0.2, 0) is 16.1 Å². The van der Waals surface area contributed by atoms with E-state index in [1.807, 2.05) is 19.9 Å². The average Bonchev–Trinajstić information content (AvgIpc) is 2.47. The lowest BCUT2D eigenvalue weighted by molar-refractivity contribution is 0.141. The van der Waals surface area contributed by atoms with Gasteiger partial charge in [0.25, 0.3) is 0 Å². The van der Waals surface area contributed by atoms with E-state index in [0.717, 1.165) is 18.9 Å². The third-order valence-electron chi connectivity index (χ3n) is 2.80. The number of ether oxygens (including phenoxy) is 2. The molecule has 0 saturated carbocycles. The van der Waals surface area contributed by atoms with Crippen molar-refractivity contribution in [1.29, 1.82) is 0 Å². The number of halogens is 1. The van der Waals surface area contributed by atoms with Gasteiger partial charge in [0.05, 0.1) is 30.5 Å². The molecule has 1 N–H and O–H groups in total. The molecule has 0 aromatic carbocycles. The summed E-state index contributed by atoms with van der Waals surface area (Å²) in [6.07, 6.45) is 0. The quantitative estimate of drug-likeness (QED) is 0.671. The fourth-order valence-corrected chi connectivity index (χ4v) is 1.90. The van der Waals surface area contributed by atoms with Gasteiger partial charge in [0, 0.05) is 26.3 Å². The molecule has 5 nitrogen and oxygen atoms in total. The molecule has 0 unspecified atom stereocenters. The molecular weight excluding hydrogens is 280 g/mol. The van der Waals surface area contributed by atoms with E-state index in [0.29, 0.717) is 37.1 Å². The number of anilines is 1. The number of nitrogens with zero attached hydrogens (tertiary/aromatic N) is 2. The van der Waals surface area contributed by atoms with E-state index in [2.05, 4.69) is 9.88 Å². The third-order valence-corrected chi connectivity index (χ3v) is 3.14. The highest BCUT2D eigenvalue weighted by atomic mass is 35.5. The molecular formula is C14H23ClN2O3. The Morgan fingerprint density at radius 1 is 1.15 bits per heavy atom. The predicted molar refractivity (Wildman–Crippen MR) is 80.4 cm³/mol. The topological polar surface area (TPSA) is 54.8 Å². The van der Waals surface area contributed by atoms with Crippen molar-refractivity contribution >= 4 is 17.4 Å². The fraction of sp³-hybridized carbons (Fsp3) is 0.643. The molecule has 0 fully saturated rings. The second kappa shape index (κ2) is 9.94. The summed E-state index contributed by atoms with van der Waals surface area (Å²) < 4.78 is 10.8. The van der Waals surface area contributed by atoms with E-state index in [1.54, 1.807) is 6.07 Å². The molecule has 6 heteroatoms. The minimum Gasteiger partial charge on any atom is -0.390 e. The van der Waals surface area contributed by atoms with Crippen LogP contribution in [0.1, 0.15) is 19.5 Å². The zero-order chi connectivity index (χ0) is 14.8. The SMILES string of the molecule is CCOCCN(CCOCC)c1ccc(Cl)c(CO)n1. The molecule has 0 aliphatic carbocycles. The Bertz CT molecular complexity index is 381. The molecule has 0 amide bonds. The van der Waals surface area contributed by atoms with Gasteiger partial charge in [-0.05, 0) is 26.0 Å². The van der Waals surface area contributed by atoms with Gasteiger partial charge in [0.2, 0.25) is 0 Å². The zero-order valence-electron chi connectivity index (χ0n) is 12.1. The monoisotopic (exact) mass is 302 g/mol. The first-order valence-electron chi connectivity index (χ1n) is 6.89. The highest BCUT2D eigenvalue weighted by molar-refractivity contribution is 6.31. The van der Waals surface area contributed by atoms with Gasteiger partial charge in [-0.25, -0.2) is 4.98 Å². The summed E-state index contributed by atoms with van der Waals surface area (Å²) in [6.45, 7) is 7.84. The molecule has 114 valence electrons. The Balaban J connectivity index is 2.73. The normalized spacial score (nSPS) is 10.8. The van der Waals surface area contributed by atoms with Crippen molar-refractivity contribution in [3.63, 3.8) is 0 Å². The van der Waals surface area contributed by atoms with Gasteiger partial charge in [-0.3, -0.25) is 0 Å². The van der Waals surface area contributed by atoms with E-state index < -0.39 is 0 Å². The van der Waals surface area contributed by atoms with Gasteiger partial charge in [-0.1, -0.05) is 11.6 Å². The summed E-state index contributed by atoms with van der Waals surface area (Å²) in [7, 11) is 0. The third kappa shape index (κ3) is 5.63. The molecule has 0 aliphatic rings. The number of aromatic nitrogens is 1. The van der Waals surface area contributed by atoms with Crippen LogP contribution < -0.4 is 4.90 Å². The first-order chi connectivity index (χ1) is 9.72. The lowest BCUT2D eigenvalue weighted by Gasteiger charge is -2.24. The number of aliphatic hydroxyl groups excluding tert-OH is 1. The molecule has 1 aromatic heterocycles. The molecule has 0 aliphatic heterocycles. The van der Waals surface area contributed by atoms with Crippen LogP contribution in [0.15, 0.2) is 12.1 Å². The number of aliphatic hydroxyl groups is 1. The number of rotatable bonds is 10. The van der Waals surface area contributed by atoms with Crippen LogP contribution >= 0.6 is 11.6 Å². The summed E-state index contributed by atoms with van der Waals surface area (Å²) in [4.78, 5) is 6.45. The second-order valence-corrected chi connectivity index (χ2v) is 4.54. The maximum atomic E-state index is 9.24. The molecule has 0 bridgehead atoms. The molecule has 1 heterocycles. The van der Waals surface area contributed by atoms with Gasteiger partial charge >= 0.3 is 0 Å². The van der Waals surface area contributed by atoms with Crippen molar-refractivity contribution in [3.8, 4) is 0 Å². The first-order valence-corrected chi connectivity index (χ1v) is 7.27. The lowest BCUT2D eigenvalue weighted by Crippen LogP contribution is -2.32. The van der Waals surface area contributed by atoms with Crippen LogP contribution in [0.2, 0.25) is 5.02 Å². The maximum absolute atomic E-state index is 9.24. The van der Waals surface area contributed by atoms with E-state index >= 15 is 0 Å². The van der Waals surface area contributed by atoms with E-state index in [4.69, 9.17) is 21.1 Å². The summed E-state index contributed by atoms with van der Waals surface area (Å²) in [6, 6.07) is 3.60. The molecule has 0 spiro atoms. The van der Waals surface area contributed by atoms with Crippen LogP contribution in [0.25, 0.3) is 0 Å². The van der Waals surface area contributed by atoms with Crippen LogP contribution in [0.3, 0.4) is 0 Å². The van der Waals surface area contributed by atoms with Crippen LogP contribution in [0.4, 0.5) is 5.82 Å². The van der Waals surface area contributed by atoms with Crippen molar-refractivity contribution in [1.82, 2.24) is 4.98 Å². The molecule has 1 rings (SSSR count). The lowest BCUT2D eigenvalue weighted by atomic mass is 10.3. The highest BCUT2D eigenvalue weighted by Gasteiger charge is 2.10. The van der Waals surface area contributed by atoms with Gasteiger partial charge in [0.1, 0.15) is 5.82 Å². The minimum atomic E-state index is -0.169. The Morgan fingerprint density at radius 2 is 1.75 bits per heavy atom. The molecule has 0 saturated heterocycles. The van der Waals surface area contributed by atoms with Gasteiger partial charge in [-0.15, -0.1) is 0 Å².